The van der Waals surface area contributed by atoms with Crippen molar-refractivity contribution in [2.24, 2.45) is 7.05 Å². The molecule has 0 spiro atoms. The molecule has 2 nitrogen and oxygen atoms in total. The van der Waals surface area contributed by atoms with Gasteiger partial charge in [-0.25, -0.2) is 9.13 Å². The van der Waals surface area contributed by atoms with Crippen molar-refractivity contribution in [2.75, 3.05) is 0 Å². The van der Waals surface area contributed by atoms with E-state index in [-0.39, 0.29) is 0 Å². The molecule has 0 bridgehead atoms. The lowest BCUT2D eigenvalue weighted by Crippen LogP contribution is -2.33. The van der Waals surface area contributed by atoms with Gasteiger partial charge >= 0.3 is 0 Å². The molecule has 0 aliphatic heterocycles. The van der Waals surface area contributed by atoms with Crippen molar-refractivity contribution in [3.63, 3.8) is 0 Å². The van der Waals surface area contributed by atoms with Crippen LogP contribution >= 0.6 is 0 Å². The molecule has 1 aromatic heterocycles. The largest absolute Gasteiger partial charge is 0.258 e. The fourth-order valence-electron chi connectivity index (χ4n) is 4.12. The molecule has 2 heteroatoms. The van der Waals surface area contributed by atoms with E-state index in [0.29, 0.717) is 5.92 Å². The lowest BCUT2D eigenvalue weighted by Gasteiger charge is -2.06. The zero-order chi connectivity index (χ0) is 19.0. The predicted molar refractivity (Wildman–Crippen MR) is 115 cm³/mol. The number of unbranched alkanes of at least 4 members (excludes halogenated alkanes) is 14. The zero-order valence-corrected chi connectivity index (χ0v) is 18.4. The van der Waals surface area contributed by atoms with Gasteiger partial charge < -0.3 is 0 Å². The SMILES string of the molecule is CCCCCCCCCCCCCCCCCn1cc[n+](C)c1C(C)C. The number of rotatable bonds is 17. The maximum absolute atomic E-state index is 2.45. The van der Waals surface area contributed by atoms with Crippen LogP contribution in [0, 0.1) is 0 Å². The van der Waals surface area contributed by atoms with Crippen molar-refractivity contribution >= 4 is 0 Å². The van der Waals surface area contributed by atoms with Crippen LogP contribution in [-0.2, 0) is 13.6 Å². The number of nitrogens with zero attached hydrogens (tertiary/aromatic N) is 2. The molecule has 0 saturated carbocycles. The number of aromatic nitrogens is 2. The smallest absolute Gasteiger partial charge is 0.237 e. The van der Waals surface area contributed by atoms with E-state index in [4.69, 9.17) is 0 Å². The van der Waals surface area contributed by atoms with Gasteiger partial charge in [-0.15, -0.1) is 0 Å². The van der Waals surface area contributed by atoms with Crippen LogP contribution < -0.4 is 4.57 Å². The van der Waals surface area contributed by atoms with Crippen molar-refractivity contribution in [3.8, 4) is 0 Å². The summed E-state index contributed by atoms with van der Waals surface area (Å²) in [5.41, 5.74) is 0. The fourth-order valence-corrected chi connectivity index (χ4v) is 4.12. The average Bonchev–Trinajstić information content (AvgIpc) is 2.99. The Kier molecular flexibility index (Phi) is 13.7. The minimum Gasteiger partial charge on any atom is -0.237 e. The molecule has 0 aliphatic rings. The van der Waals surface area contributed by atoms with Gasteiger partial charge in [0.1, 0.15) is 12.4 Å². The van der Waals surface area contributed by atoms with Gasteiger partial charge in [0.2, 0.25) is 0 Å². The Labute approximate surface area is 164 Å². The van der Waals surface area contributed by atoms with E-state index in [0.717, 1.165) is 0 Å². The molecule has 0 unspecified atom stereocenters. The third-order valence-corrected chi connectivity index (χ3v) is 5.64. The molecule has 0 fully saturated rings. The summed E-state index contributed by atoms with van der Waals surface area (Å²) >= 11 is 0. The number of imidazole rings is 1. The summed E-state index contributed by atoms with van der Waals surface area (Å²) in [5.74, 6) is 2.06. The zero-order valence-electron chi connectivity index (χ0n) is 18.4. The predicted octanol–water partition coefficient (Wildman–Crippen LogP) is 7.31. The van der Waals surface area contributed by atoms with Gasteiger partial charge in [-0.1, -0.05) is 104 Å². The summed E-state index contributed by atoms with van der Waals surface area (Å²) in [6.45, 7) is 8.06. The second-order valence-electron chi connectivity index (χ2n) is 8.57. The minimum absolute atomic E-state index is 0.603. The Morgan fingerprint density at radius 3 is 1.58 bits per heavy atom. The van der Waals surface area contributed by atoms with Crippen molar-refractivity contribution < 1.29 is 4.57 Å². The quantitative estimate of drug-likeness (QED) is 0.203. The van der Waals surface area contributed by atoms with E-state index >= 15 is 0 Å². The van der Waals surface area contributed by atoms with Crippen LogP contribution in [0.1, 0.15) is 129 Å². The van der Waals surface area contributed by atoms with Crippen LogP contribution in [0.2, 0.25) is 0 Å². The summed E-state index contributed by atoms with van der Waals surface area (Å²) < 4.78 is 4.72. The maximum atomic E-state index is 2.45. The molecular weight excluding hydrogens is 316 g/mol. The second kappa shape index (κ2) is 15.3. The molecule has 1 heterocycles. The van der Waals surface area contributed by atoms with Crippen molar-refractivity contribution in [1.29, 1.82) is 0 Å². The Hall–Kier alpha value is -0.790. The molecule has 1 aromatic rings. The summed E-state index contributed by atoms with van der Waals surface area (Å²) in [6.07, 6.45) is 26.0. The first-order valence-electron chi connectivity index (χ1n) is 11.7. The maximum Gasteiger partial charge on any atom is 0.258 e. The molecule has 0 aliphatic carbocycles. The molecule has 0 N–H and O–H groups in total. The van der Waals surface area contributed by atoms with E-state index < -0.39 is 0 Å². The highest BCUT2D eigenvalue weighted by Crippen LogP contribution is 2.14. The van der Waals surface area contributed by atoms with E-state index in [1.165, 1.54) is 109 Å². The first kappa shape index (κ1) is 23.2. The fraction of sp³-hybridized carbons (Fsp3) is 0.875. The van der Waals surface area contributed by atoms with Gasteiger partial charge in [-0.2, -0.15) is 0 Å². The standard InChI is InChI=1S/C24H47N2/c1-5-6-7-8-9-10-11-12-13-14-15-16-17-18-19-20-26-22-21-25(4)24(26)23(2)3/h21-23H,5-20H2,1-4H3/q+1. The molecule has 1 rings (SSSR count). The topological polar surface area (TPSA) is 8.81 Å². The summed E-state index contributed by atoms with van der Waals surface area (Å²) in [4.78, 5) is 0. The monoisotopic (exact) mass is 363 g/mol. The van der Waals surface area contributed by atoms with Crippen molar-refractivity contribution in [3.05, 3.63) is 18.2 Å². The molecule has 0 aromatic carbocycles. The van der Waals surface area contributed by atoms with Gasteiger partial charge in [0, 0.05) is 0 Å². The summed E-state index contributed by atoms with van der Waals surface area (Å²) in [5, 5.41) is 0. The Bertz CT molecular complexity index is 433. The second-order valence-corrected chi connectivity index (χ2v) is 8.57. The molecular formula is C24H47N2+. The molecule has 0 radical (unpaired) electrons. The Balaban J connectivity index is 1.87. The highest BCUT2D eigenvalue weighted by atomic mass is 15.1. The third-order valence-electron chi connectivity index (χ3n) is 5.64. The van der Waals surface area contributed by atoms with E-state index in [1.54, 1.807) is 0 Å². The van der Waals surface area contributed by atoms with Crippen LogP contribution in [0.5, 0.6) is 0 Å². The van der Waals surface area contributed by atoms with Crippen LogP contribution in [0.3, 0.4) is 0 Å². The number of hydrogen-bond donors (Lipinski definition) is 0. The van der Waals surface area contributed by atoms with Gasteiger partial charge in [-0.05, 0) is 12.8 Å². The summed E-state index contributed by atoms with van der Waals surface area (Å²) in [7, 11) is 2.16. The first-order chi connectivity index (χ1) is 12.7. The number of hydrogen-bond acceptors (Lipinski definition) is 0. The van der Waals surface area contributed by atoms with E-state index in [2.05, 4.69) is 49.3 Å². The van der Waals surface area contributed by atoms with E-state index in [1.807, 2.05) is 0 Å². The molecule has 0 atom stereocenters. The molecule has 152 valence electrons. The lowest BCUT2D eigenvalue weighted by molar-refractivity contribution is -0.680. The van der Waals surface area contributed by atoms with Crippen LogP contribution in [0.25, 0.3) is 0 Å². The molecule has 26 heavy (non-hydrogen) atoms. The lowest BCUT2D eigenvalue weighted by atomic mass is 10.0. The van der Waals surface area contributed by atoms with E-state index in [9.17, 15) is 0 Å². The van der Waals surface area contributed by atoms with Gasteiger partial charge in [-0.3, -0.25) is 0 Å². The minimum atomic E-state index is 0.603. The highest BCUT2D eigenvalue weighted by molar-refractivity contribution is 4.89. The first-order valence-corrected chi connectivity index (χ1v) is 11.7. The summed E-state index contributed by atoms with van der Waals surface area (Å²) in [6, 6.07) is 0. The Morgan fingerprint density at radius 2 is 1.15 bits per heavy atom. The normalized spacial score (nSPS) is 11.6. The van der Waals surface area contributed by atoms with Crippen LogP contribution in [0.4, 0.5) is 0 Å². The Morgan fingerprint density at radius 1 is 0.731 bits per heavy atom. The third kappa shape index (κ3) is 10.4. The highest BCUT2D eigenvalue weighted by Gasteiger charge is 2.17. The van der Waals surface area contributed by atoms with Gasteiger partial charge in [0.15, 0.2) is 0 Å². The molecule has 0 saturated heterocycles. The van der Waals surface area contributed by atoms with Crippen molar-refractivity contribution in [2.45, 2.75) is 130 Å². The molecule has 0 amide bonds. The average molecular weight is 364 g/mol. The van der Waals surface area contributed by atoms with Crippen LogP contribution in [0.15, 0.2) is 12.4 Å². The van der Waals surface area contributed by atoms with Crippen LogP contribution in [-0.4, -0.2) is 4.57 Å². The van der Waals surface area contributed by atoms with Crippen molar-refractivity contribution in [1.82, 2.24) is 4.57 Å². The van der Waals surface area contributed by atoms with Gasteiger partial charge in [0.25, 0.3) is 5.82 Å². The number of aryl methyl sites for hydroxylation is 2. The van der Waals surface area contributed by atoms with Gasteiger partial charge in [0.05, 0.1) is 19.5 Å².